The number of rotatable bonds is 5. The predicted molar refractivity (Wildman–Crippen MR) is 98.2 cm³/mol. The van der Waals surface area contributed by atoms with Crippen LogP contribution in [-0.4, -0.2) is 12.9 Å². The van der Waals surface area contributed by atoms with Crippen molar-refractivity contribution in [2.75, 3.05) is 7.11 Å². The molecule has 0 amide bonds. The quantitative estimate of drug-likeness (QED) is 0.424. The second-order valence-electron chi connectivity index (χ2n) is 5.14. The molecule has 0 saturated carbocycles. The Hall–Kier alpha value is -2.59. The van der Waals surface area contributed by atoms with Crippen LogP contribution in [-0.2, 0) is 0 Å². The third-order valence-corrected chi connectivity index (χ3v) is 4.04. The van der Waals surface area contributed by atoms with E-state index in [4.69, 9.17) is 9.15 Å². The molecule has 0 spiro atoms. The van der Waals surface area contributed by atoms with Crippen LogP contribution in [0.25, 0.3) is 17.4 Å². The third kappa shape index (κ3) is 3.84. The fourth-order valence-corrected chi connectivity index (χ4v) is 2.51. The number of carbonyl (C=O) groups excluding carboxylic acids is 1. The summed E-state index contributed by atoms with van der Waals surface area (Å²) >= 11 is 3.41. The van der Waals surface area contributed by atoms with Gasteiger partial charge in [-0.2, -0.15) is 0 Å². The number of hydrogen-bond acceptors (Lipinski definition) is 3. The van der Waals surface area contributed by atoms with Crippen LogP contribution >= 0.6 is 15.9 Å². The Morgan fingerprint density at radius 2 is 1.88 bits per heavy atom. The van der Waals surface area contributed by atoms with Crippen LogP contribution in [0.4, 0.5) is 0 Å². The van der Waals surface area contributed by atoms with Gasteiger partial charge in [0.25, 0.3) is 0 Å². The first kappa shape index (κ1) is 16.3. The fourth-order valence-electron chi connectivity index (χ4n) is 2.24. The highest BCUT2D eigenvalue weighted by Crippen LogP contribution is 2.24. The normalized spacial score (nSPS) is 10.9. The van der Waals surface area contributed by atoms with Crippen LogP contribution < -0.4 is 4.74 Å². The Balaban J connectivity index is 1.75. The van der Waals surface area contributed by atoms with E-state index < -0.39 is 0 Å². The fraction of sp³-hybridized carbons (Fsp3) is 0.0500. The van der Waals surface area contributed by atoms with Crippen molar-refractivity contribution in [3.05, 3.63) is 82.5 Å². The monoisotopic (exact) mass is 382 g/mol. The van der Waals surface area contributed by atoms with E-state index in [2.05, 4.69) is 15.9 Å². The van der Waals surface area contributed by atoms with Crippen LogP contribution in [0.2, 0.25) is 0 Å². The maximum Gasteiger partial charge on any atom is 0.186 e. The van der Waals surface area contributed by atoms with Crippen LogP contribution in [0.1, 0.15) is 16.1 Å². The molecular formula is C20H15BrO3. The van der Waals surface area contributed by atoms with Gasteiger partial charge in [-0.1, -0.05) is 40.2 Å². The number of ketones is 1. The number of ether oxygens (including phenoxy) is 1. The molecule has 0 bridgehead atoms. The first-order valence-electron chi connectivity index (χ1n) is 7.38. The van der Waals surface area contributed by atoms with Gasteiger partial charge >= 0.3 is 0 Å². The van der Waals surface area contributed by atoms with Gasteiger partial charge in [0.2, 0.25) is 0 Å². The van der Waals surface area contributed by atoms with Crippen molar-refractivity contribution in [1.82, 2.24) is 0 Å². The number of allylic oxidation sites excluding steroid dienone is 1. The molecule has 3 nitrogen and oxygen atoms in total. The minimum atomic E-state index is -0.101. The lowest BCUT2D eigenvalue weighted by Crippen LogP contribution is -1.94. The third-order valence-electron chi connectivity index (χ3n) is 3.51. The largest absolute Gasteiger partial charge is 0.497 e. The van der Waals surface area contributed by atoms with Crippen LogP contribution in [0.3, 0.4) is 0 Å². The summed E-state index contributed by atoms with van der Waals surface area (Å²) in [6.07, 6.45) is 3.17. The molecule has 1 heterocycles. The van der Waals surface area contributed by atoms with E-state index in [-0.39, 0.29) is 5.78 Å². The maximum absolute atomic E-state index is 12.2. The SMILES string of the molecule is COc1cccc(C(=O)/C=C/c2ccc(-c3ccc(Br)cc3)o2)c1. The van der Waals surface area contributed by atoms with E-state index in [9.17, 15) is 4.79 Å². The molecule has 0 radical (unpaired) electrons. The van der Waals surface area contributed by atoms with Gasteiger partial charge in [-0.3, -0.25) is 4.79 Å². The molecule has 0 unspecified atom stereocenters. The Morgan fingerprint density at radius 3 is 2.62 bits per heavy atom. The molecule has 0 aliphatic heterocycles. The van der Waals surface area contributed by atoms with Crippen molar-refractivity contribution in [2.45, 2.75) is 0 Å². The molecule has 0 atom stereocenters. The van der Waals surface area contributed by atoms with E-state index in [1.807, 2.05) is 36.4 Å². The Morgan fingerprint density at radius 1 is 1.08 bits per heavy atom. The summed E-state index contributed by atoms with van der Waals surface area (Å²) < 4.78 is 11.9. The van der Waals surface area contributed by atoms with Gasteiger partial charge in [0.05, 0.1) is 7.11 Å². The van der Waals surface area contributed by atoms with E-state index >= 15 is 0 Å². The van der Waals surface area contributed by atoms with Crippen LogP contribution in [0.5, 0.6) is 5.75 Å². The Kier molecular flexibility index (Phi) is 4.96. The number of halogens is 1. The number of carbonyl (C=O) groups is 1. The average Bonchev–Trinajstić information content (AvgIpc) is 3.09. The van der Waals surface area contributed by atoms with Gasteiger partial charge in [-0.15, -0.1) is 0 Å². The molecule has 0 fully saturated rings. The molecular weight excluding hydrogens is 368 g/mol. The van der Waals surface area contributed by atoms with E-state index in [0.717, 1.165) is 15.8 Å². The minimum absolute atomic E-state index is 0.101. The summed E-state index contributed by atoms with van der Waals surface area (Å²) in [7, 11) is 1.58. The molecule has 0 aliphatic rings. The molecule has 24 heavy (non-hydrogen) atoms. The van der Waals surface area contributed by atoms with Gasteiger partial charge in [-0.05, 0) is 48.6 Å². The zero-order valence-corrected chi connectivity index (χ0v) is 14.6. The summed E-state index contributed by atoms with van der Waals surface area (Å²) in [6.45, 7) is 0. The van der Waals surface area contributed by atoms with Crippen molar-refractivity contribution in [3.63, 3.8) is 0 Å². The number of methoxy groups -OCH3 is 1. The van der Waals surface area contributed by atoms with Crippen LogP contribution in [0.15, 0.2) is 75.6 Å². The standard InChI is InChI=1S/C20H15BrO3/c1-23-18-4-2-3-15(13-18)19(22)11-9-17-10-12-20(24-17)14-5-7-16(21)8-6-14/h2-13H,1H3/b11-9+. The molecule has 3 rings (SSSR count). The Labute approximate surface area is 148 Å². The predicted octanol–water partition coefficient (Wildman–Crippen LogP) is 5.61. The lowest BCUT2D eigenvalue weighted by Gasteiger charge is -2.00. The molecule has 0 aliphatic carbocycles. The van der Waals surface area contributed by atoms with E-state index in [0.29, 0.717) is 17.1 Å². The highest BCUT2D eigenvalue weighted by atomic mass is 79.9. The summed E-state index contributed by atoms with van der Waals surface area (Å²) in [5.74, 6) is 1.94. The molecule has 2 aromatic carbocycles. The summed E-state index contributed by atoms with van der Waals surface area (Å²) in [4.78, 5) is 12.2. The van der Waals surface area contributed by atoms with Gasteiger partial charge in [0, 0.05) is 15.6 Å². The molecule has 0 saturated heterocycles. The zero-order chi connectivity index (χ0) is 16.9. The number of hydrogen-bond donors (Lipinski definition) is 0. The first-order valence-corrected chi connectivity index (χ1v) is 8.17. The van der Waals surface area contributed by atoms with Gasteiger partial charge in [0.15, 0.2) is 5.78 Å². The maximum atomic E-state index is 12.2. The van der Waals surface area contributed by atoms with Crippen molar-refractivity contribution >= 4 is 27.8 Å². The number of furan rings is 1. The molecule has 3 aromatic rings. The highest BCUT2D eigenvalue weighted by molar-refractivity contribution is 9.10. The molecule has 0 N–H and O–H groups in total. The van der Waals surface area contributed by atoms with Gasteiger partial charge < -0.3 is 9.15 Å². The van der Waals surface area contributed by atoms with Crippen molar-refractivity contribution in [3.8, 4) is 17.1 Å². The van der Waals surface area contributed by atoms with E-state index in [1.165, 1.54) is 6.08 Å². The van der Waals surface area contributed by atoms with Crippen molar-refractivity contribution in [2.24, 2.45) is 0 Å². The minimum Gasteiger partial charge on any atom is -0.497 e. The molecule has 120 valence electrons. The first-order chi connectivity index (χ1) is 11.7. The lowest BCUT2D eigenvalue weighted by molar-refractivity contribution is 0.104. The molecule has 1 aromatic heterocycles. The number of benzene rings is 2. The van der Waals surface area contributed by atoms with E-state index in [1.54, 1.807) is 37.5 Å². The summed E-state index contributed by atoms with van der Waals surface area (Å²) in [6, 6.07) is 18.6. The lowest BCUT2D eigenvalue weighted by atomic mass is 10.1. The molecule has 4 heteroatoms. The highest BCUT2D eigenvalue weighted by Gasteiger charge is 2.05. The van der Waals surface area contributed by atoms with Crippen LogP contribution in [0, 0.1) is 0 Å². The van der Waals surface area contributed by atoms with Crippen molar-refractivity contribution < 1.29 is 13.9 Å². The zero-order valence-electron chi connectivity index (χ0n) is 13.0. The summed E-state index contributed by atoms with van der Waals surface area (Å²) in [5, 5.41) is 0. The topological polar surface area (TPSA) is 39.4 Å². The van der Waals surface area contributed by atoms with Gasteiger partial charge in [-0.25, -0.2) is 0 Å². The van der Waals surface area contributed by atoms with Gasteiger partial charge in [0.1, 0.15) is 17.3 Å². The Bertz CT molecular complexity index is 876. The van der Waals surface area contributed by atoms with Crippen molar-refractivity contribution in [1.29, 1.82) is 0 Å². The second kappa shape index (κ2) is 7.32. The average molecular weight is 383 g/mol. The second-order valence-corrected chi connectivity index (χ2v) is 6.05. The smallest absolute Gasteiger partial charge is 0.186 e. The summed E-state index contributed by atoms with van der Waals surface area (Å²) in [5.41, 5.74) is 1.56.